The van der Waals surface area contributed by atoms with Gasteiger partial charge in [-0.1, -0.05) is 36.4 Å². The van der Waals surface area contributed by atoms with Gasteiger partial charge in [0.15, 0.2) is 12.2 Å². The van der Waals surface area contributed by atoms with Crippen LogP contribution in [0.2, 0.25) is 0 Å². The Kier molecular flexibility index (Phi) is 10.6. The molecular weight excluding hydrogens is 528 g/mol. The molecule has 0 aromatic heterocycles. The highest BCUT2D eigenvalue weighted by Crippen LogP contribution is 2.32. The van der Waals surface area contributed by atoms with Crippen molar-refractivity contribution in [1.82, 2.24) is 0 Å². The molecule has 12 heteroatoms. The minimum atomic E-state index is -1.43. The Hall–Kier alpha value is -4.45. The first-order valence-corrected chi connectivity index (χ1v) is 12.3. The first-order valence-electron chi connectivity index (χ1n) is 12.3. The Morgan fingerprint density at radius 1 is 0.675 bits per heavy atom. The molecule has 0 radical (unpaired) electrons. The fraction of sp³-hybridized carbons (Fsp3) is 0.393. The maximum Gasteiger partial charge on any atom is 0.338 e. The fourth-order valence-corrected chi connectivity index (χ4v) is 3.94. The highest BCUT2D eigenvalue weighted by Gasteiger charge is 2.53. The van der Waals surface area contributed by atoms with Gasteiger partial charge in [-0.05, 0) is 18.2 Å². The molecule has 0 spiro atoms. The molecule has 0 bridgehead atoms. The Balaban J connectivity index is 1.96. The molecule has 2 aromatic rings. The van der Waals surface area contributed by atoms with E-state index in [2.05, 4.69) is 0 Å². The zero-order valence-corrected chi connectivity index (χ0v) is 22.4. The lowest BCUT2D eigenvalue weighted by molar-refractivity contribution is -0.287. The summed E-state index contributed by atoms with van der Waals surface area (Å²) in [4.78, 5) is 60.1. The molecule has 1 saturated heterocycles. The summed E-state index contributed by atoms with van der Waals surface area (Å²) < 4.78 is 38.9. The Labute approximate surface area is 230 Å². The Morgan fingerprint density at radius 2 is 1.25 bits per heavy atom. The largest absolute Gasteiger partial charge is 0.461 e. The van der Waals surface area contributed by atoms with Crippen molar-refractivity contribution in [2.75, 3.05) is 6.61 Å². The average Bonchev–Trinajstić information content (AvgIpc) is 2.90. The molecule has 0 unspecified atom stereocenters. The molecule has 1 fully saturated rings. The number of ether oxygens (including phenoxy) is 7. The van der Waals surface area contributed by atoms with Crippen LogP contribution in [0.1, 0.15) is 43.6 Å². The van der Waals surface area contributed by atoms with E-state index in [1.807, 2.05) is 0 Å². The molecule has 2 aromatic carbocycles. The molecule has 40 heavy (non-hydrogen) atoms. The summed E-state index contributed by atoms with van der Waals surface area (Å²) >= 11 is 0. The third kappa shape index (κ3) is 8.53. The minimum Gasteiger partial charge on any atom is -0.461 e. The predicted molar refractivity (Wildman–Crippen MR) is 135 cm³/mol. The first-order chi connectivity index (χ1) is 19.0. The molecule has 12 nitrogen and oxygen atoms in total. The molecule has 0 amide bonds. The van der Waals surface area contributed by atoms with Crippen molar-refractivity contribution in [3.63, 3.8) is 0 Å². The monoisotopic (exact) mass is 558 g/mol. The first kappa shape index (κ1) is 30.1. The molecule has 0 N–H and O–H groups in total. The van der Waals surface area contributed by atoms with Gasteiger partial charge in [-0.25, -0.2) is 4.79 Å². The van der Waals surface area contributed by atoms with E-state index in [0.717, 1.165) is 20.8 Å². The maximum absolute atomic E-state index is 12.6. The van der Waals surface area contributed by atoms with Crippen LogP contribution in [-0.2, 0) is 54.2 Å². The third-order valence-corrected chi connectivity index (χ3v) is 5.53. The Bertz CT molecular complexity index is 1210. The molecule has 214 valence electrons. The maximum atomic E-state index is 12.6. The van der Waals surface area contributed by atoms with E-state index >= 15 is 0 Å². The molecule has 1 aliphatic heterocycles. The van der Waals surface area contributed by atoms with Crippen LogP contribution in [0.25, 0.3) is 0 Å². The van der Waals surface area contributed by atoms with Gasteiger partial charge in [-0.15, -0.1) is 0 Å². The highest BCUT2D eigenvalue weighted by atomic mass is 16.7. The second-order valence-electron chi connectivity index (χ2n) is 8.74. The van der Waals surface area contributed by atoms with Crippen molar-refractivity contribution in [3.05, 3.63) is 65.7 Å². The lowest BCUT2D eigenvalue weighted by atomic mass is 9.98. The van der Waals surface area contributed by atoms with E-state index in [1.165, 1.54) is 6.92 Å². The standard InChI is InChI=1S/C28H30O12/c1-16(29)34-14-21-12-8-9-13-22(21)39-28-26(38-19(4)32)25(37-18(3)31)24(36-17(2)30)23(40-28)15-35-27(33)20-10-6-5-7-11-20/h5-13,23-26,28H,14-15H2,1-4H3/t23-,24-,25+,26-,28-/m1/s1. The SMILES string of the molecule is CC(=O)OCc1ccccc1O[C@@H]1O[C@H](COC(=O)c2ccccc2)[C@@H](OC(C)=O)[C@H](OC(C)=O)[C@H]1OC(C)=O. The van der Waals surface area contributed by atoms with E-state index in [-0.39, 0.29) is 17.9 Å². The summed E-state index contributed by atoms with van der Waals surface area (Å²) in [5.41, 5.74) is 0.727. The average molecular weight is 559 g/mol. The van der Waals surface area contributed by atoms with Gasteiger partial charge in [0.1, 0.15) is 25.1 Å². The molecular formula is C28H30O12. The lowest BCUT2D eigenvalue weighted by Gasteiger charge is -2.44. The van der Waals surface area contributed by atoms with Crippen molar-refractivity contribution in [1.29, 1.82) is 0 Å². The second-order valence-corrected chi connectivity index (χ2v) is 8.74. The molecule has 0 saturated carbocycles. The van der Waals surface area contributed by atoms with Crippen LogP contribution in [0.3, 0.4) is 0 Å². The smallest absolute Gasteiger partial charge is 0.338 e. The van der Waals surface area contributed by atoms with Gasteiger partial charge >= 0.3 is 29.8 Å². The minimum absolute atomic E-state index is 0.127. The van der Waals surface area contributed by atoms with Gasteiger partial charge < -0.3 is 33.2 Å². The molecule has 1 heterocycles. The molecule has 3 rings (SSSR count). The van der Waals surface area contributed by atoms with Crippen molar-refractivity contribution < 1.29 is 57.1 Å². The van der Waals surface area contributed by atoms with Crippen LogP contribution in [0.15, 0.2) is 54.6 Å². The summed E-state index contributed by atoms with van der Waals surface area (Å²) in [5.74, 6) is -3.27. The summed E-state index contributed by atoms with van der Waals surface area (Å²) in [6.45, 7) is 4.07. The van der Waals surface area contributed by atoms with Crippen molar-refractivity contribution in [2.45, 2.75) is 65.0 Å². The number of hydrogen-bond donors (Lipinski definition) is 0. The number of rotatable bonds is 10. The van der Waals surface area contributed by atoms with Crippen LogP contribution in [0, 0.1) is 0 Å². The van der Waals surface area contributed by atoms with Crippen LogP contribution in [0.5, 0.6) is 5.75 Å². The van der Waals surface area contributed by atoms with Gasteiger partial charge in [0.2, 0.25) is 12.4 Å². The predicted octanol–water partition coefficient (Wildman–Crippen LogP) is 2.51. The lowest BCUT2D eigenvalue weighted by Crippen LogP contribution is -2.63. The van der Waals surface area contributed by atoms with E-state index in [0.29, 0.717) is 5.56 Å². The Morgan fingerprint density at radius 3 is 1.88 bits per heavy atom. The van der Waals surface area contributed by atoms with Crippen molar-refractivity contribution in [2.24, 2.45) is 0 Å². The summed E-state index contributed by atoms with van der Waals surface area (Å²) in [6.07, 6.45) is -6.79. The van der Waals surface area contributed by atoms with E-state index < -0.39 is 67.2 Å². The normalized spacial score (nSPS) is 21.9. The van der Waals surface area contributed by atoms with E-state index in [4.69, 9.17) is 33.2 Å². The van der Waals surface area contributed by atoms with Gasteiger partial charge in [-0.3, -0.25) is 19.2 Å². The number of carbonyl (C=O) groups is 5. The number of carbonyl (C=O) groups excluding carboxylic acids is 5. The topological polar surface area (TPSA) is 150 Å². The quantitative estimate of drug-likeness (QED) is 0.311. The number of benzene rings is 2. The molecule has 0 aliphatic carbocycles. The summed E-state index contributed by atoms with van der Waals surface area (Å²) in [7, 11) is 0. The van der Waals surface area contributed by atoms with Crippen LogP contribution in [-0.4, -0.2) is 67.2 Å². The van der Waals surface area contributed by atoms with Crippen LogP contribution in [0.4, 0.5) is 0 Å². The van der Waals surface area contributed by atoms with E-state index in [1.54, 1.807) is 54.6 Å². The third-order valence-electron chi connectivity index (χ3n) is 5.53. The molecule has 5 atom stereocenters. The highest BCUT2D eigenvalue weighted by molar-refractivity contribution is 5.89. The number of esters is 5. The van der Waals surface area contributed by atoms with Crippen molar-refractivity contribution in [3.8, 4) is 5.75 Å². The zero-order chi connectivity index (χ0) is 29.2. The second kappa shape index (κ2) is 14.1. The number of para-hydroxylation sites is 1. The fourth-order valence-electron chi connectivity index (χ4n) is 3.94. The van der Waals surface area contributed by atoms with Gasteiger partial charge in [-0.2, -0.15) is 0 Å². The van der Waals surface area contributed by atoms with E-state index in [9.17, 15) is 24.0 Å². The zero-order valence-electron chi connectivity index (χ0n) is 22.4. The summed E-state index contributed by atoms with van der Waals surface area (Å²) in [6, 6.07) is 14.7. The number of hydrogen-bond acceptors (Lipinski definition) is 12. The van der Waals surface area contributed by atoms with Crippen molar-refractivity contribution >= 4 is 29.8 Å². The van der Waals surface area contributed by atoms with Crippen LogP contribution >= 0.6 is 0 Å². The molecule has 1 aliphatic rings. The van der Waals surface area contributed by atoms with Gasteiger partial charge in [0.05, 0.1) is 5.56 Å². The van der Waals surface area contributed by atoms with Gasteiger partial charge in [0, 0.05) is 33.3 Å². The van der Waals surface area contributed by atoms with Crippen LogP contribution < -0.4 is 4.74 Å². The summed E-state index contributed by atoms with van der Waals surface area (Å²) in [5, 5.41) is 0. The van der Waals surface area contributed by atoms with Gasteiger partial charge in [0.25, 0.3) is 0 Å².